The van der Waals surface area contributed by atoms with Crippen LogP contribution in [0.1, 0.15) is 38.5 Å². The van der Waals surface area contributed by atoms with Crippen LogP contribution in [0.5, 0.6) is 0 Å². The number of hydrogen-bond donors (Lipinski definition) is 6. The molecule has 6 aliphatic heterocycles. The predicted molar refractivity (Wildman–Crippen MR) is 539 cm³/mol. The molecule has 0 radical (unpaired) electrons. The third-order valence-corrected chi connectivity index (χ3v) is 27.3. The molecule has 8 aromatic carbocycles. The topological polar surface area (TPSA) is 262 Å². The molecule has 26 heteroatoms. The number of nitrogens with zero attached hydrogens (tertiary/aromatic N) is 14. The molecule has 0 amide bonds. The van der Waals surface area contributed by atoms with Crippen LogP contribution in [0.3, 0.4) is 0 Å². The standard InChI is InChI=1S/2C20H23N3O.2C18H19N3O.C15H20N4O.C13H16N4O/c1-22(2)15-9-11-23(12-10-15)19-13-18-16-6-4-3-5-14(16)7-8-17(18)20(24)21-19;1-22(2)16-9-11-23(12-10-16)18-13-15-8-7-14-5-3-4-6-17(14)19(15)20(24)21-18;1-20-8-10-21(11-9-20)16-12-14-7-6-13-4-2-3-5-15(13)17(14)18(22)19-16;1-20-8-10-21(11-9-20)17-12-16-14-5-3-2-4-13(14)6-7-15(16)18(22)19-17;1-18(2)11-5-8-19(9-6-11)14-10-13-12(15(20)17-14)4-3-7-16-13;1-16-5-7-17(8-6-16)12-9-11-10(13(18)15-12)3-2-4-14-11/h3-8,13,15H,9-12H2,1-2H3,(H,21,24);3-8,13,16H,9-12H2,1-2H3,(H,21,24);2*2-7,12H,8-11H2,1H3,(H,19,22);3-4,7,10-11H,5-6,8-9H2,1-2H3,(H,17,20);2-4,9H,5-8H2,1H3,(H,15,18). The van der Waals surface area contributed by atoms with Gasteiger partial charge in [0, 0.05) is 171 Å². The summed E-state index contributed by atoms with van der Waals surface area (Å²) in [4.78, 5) is 129. The molecule has 0 aliphatic carbocycles. The van der Waals surface area contributed by atoms with Gasteiger partial charge in [-0.15, -0.1) is 0 Å². The Balaban J connectivity index is 0.000000110. The summed E-state index contributed by atoms with van der Waals surface area (Å²) in [5.74, 6) is 5.52. The third kappa shape index (κ3) is 20.0. The average Bonchev–Trinajstić information content (AvgIpc) is 0.779. The molecular weight excluding hydrogens is 1630 g/mol. The van der Waals surface area contributed by atoms with Crippen LogP contribution in [0.15, 0.2) is 247 Å². The van der Waals surface area contributed by atoms with Crippen LogP contribution in [-0.2, 0) is 0 Å². The Labute approximate surface area is 756 Å². The number of aromatic amines is 6. The van der Waals surface area contributed by atoms with Crippen molar-refractivity contribution >= 4 is 143 Å². The minimum atomic E-state index is -0.0606. The number of benzene rings is 8. The van der Waals surface area contributed by atoms with Gasteiger partial charge < -0.3 is 88.7 Å². The van der Waals surface area contributed by atoms with Gasteiger partial charge in [-0.1, -0.05) is 133 Å². The number of H-pyrrole nitrogens is 6. The number of aromatic nitrogens is 8. The molecule has 6 N–H and O–H groups in total. The first-order valence-corrected chi connectivity index (χ1v) is 45.8. The Morgan fingerprint density at radius 1 is 0.238 bits per heavy atom. The largest absolute Gasteiger partial charge is 0.358 e. The fourth-order valence-corrected chi connectivity index (χ4v) is 19.2. The van der Waals surface area contributed by atoms with Crippen molar-refractivity contribution in [3.8, 4) is 0 Å². The van der Waals surface area contributed by atoms with E-state index in [0.29, 0.717) is 28.9 Å². The van der Waals surface area contributed by atoms with Crippen molar-refractivity contribution in [2.75, 3.05) is 211 Å². The second-order valence-corrected chi connectivity index (χ2v) is 36.2. The second kappa shape index (κ2) is 39.9. The Bertz CT molecular complexity index is 7100. The van der Waals surface area contributed by atoms with E-state index in [2.05, 4.69) is 229 Å². The van der Waals surface area contributed by atoms with Crippen molar-refractivity contribution in [1.29, 1.82) is 0 Å². The predicted octanol–water partition coefficient (Wildman–Crippen LogP) is 13.4. The lowest BCUT2D eigenvalue weighted by atomic mass is 10.0. The minimum absolute atomic E-state index is 0.00261. The lowest BCUT2D eigenvalue weighted by Crippen LogP contribution is -2.45. The van der Waals surface area contributed by atoms with Gasteiger partial charge in [-0.2, -0.15) is 0 Å². The molecule has 6 aliphatic rings. The summed E-state index contributed by atoms with van der Waals surface area (Å²) in [5, 5.41) is 17.4. The normalized spacial score (nSPS) is 16.6. The molecule has 22 rings (SSSR count). The van der Waals surface area contributed by atoms with Crippen molar-refractivity contribution in [3.63, 3.8) is 0 Å². The van der Waals surface area contributed by atoms with E-state index in [1.165, 1.54) is 10.8 Å². The Morgan fingerprint density at radius 2 is 0.485 bits per heavy atom. The highest BCUT2D eigenvalue weighted by atomic mass is 16.1. The van der Waals surface area contributed by atoms with Crippen LogP contribution in [0, 0.1) is 0 Å². The molecule has 8 aromatic heterocycles. The summed E-state index contributed by atoms with van der Waals surface area (Å²) in [6.07, 6.45) is 10.2. The zero-order valence-corrected chi connectivity index (χ0v) is 76.2. The maximum absolute atomic E-state index is 12.7. The van der Waals surface area contributed by atoms with Crippen LogP contribution in [0.25, 0.3) is 108 Å². The van der Waals surface area contributed by atoms with Gasteiger partial charge in [-0.25, -0.2) is 0 Å². The van der Waals surface area contributed by atoms with Crippen LogP contribution < -0.4 is 62.8 Å². The minimum Gasteiger partial charge on any atom is -0.358 e. The highest BCUT2D eigenvalue weighted by molar-refractivity contribution is 6.11. The number of hydrogen-bond acceptors (Lipinski definition) is 20. The van der Waals surface area contributed by atoms with Crippen molar-refractivity contribution in [2.45, 2.75) is 56.7 Å². The molecule has 6 saturated heterocycles. The van der Waals surface area contributed by atoms with E-state index < -0.39 is 0 Å². The molecular formula is C104H120N20O6. The summed E-state index contributed by atoms with van der Waals surface area (Å²) in [6.45, 7) is 17.7. The summed E-state index contributed by atoms with van der Waals surface area (Å²) >= 11 is 0. The third-order valence-electron chi connectivity index (χ3n) is 27.3. The van der Waals surface area contributed by atoms with E-state index in [0.717, 1.165) is 278 Å². The highest BCUT2D eigenvalue weighted by Gasteiger charge is 2.27. The molecule has 14 heterocycles. The van der Waals surface area contributed by atoms with Crippen LogP contribution in [-0.4, -0.2) is 269 Å². The zero-order chi connectivity index (χ0) is 90.2. The van der Waals surface area contributed by atoms with Gasteiger partial charge in [-0.3, -0.25) is 38.7 Å². The maximum Gasteiger partial charge on any atom is 0.258 e. The Kier molecular flexibility index (Phi) is 27.3. The van der Waals surface area contributed by atoms with Gasteiger partial charge in [0.25, 0.3) is 33.4 Å². The molecule has 0 bridgehead atoms. The molecule has 0 atom stereocenters. The van der Waals surface area contributed by atoms with Crippen molar-refractivity contribution in [2.24, 2.45) is 0 Å². The smallest absolute Gasteiger partial charge is 0.258 e. The number of piperazine rings is 3. The maximum atomic E-state index is 12.7. The highest BCUT2D eigenvalue weighted by Crippen LogP contribution is 2.33. The summed E-state index contributed by atoms with van der Waals surface area (Å²) in [5.41, 5.74) is 1.42. The average molecular weight is 1750 g/mol. The SMILES string of the molecule is CN(C)C1CCN(c2cc3c(ccc4ccccc43)c(=O)[nH]2)CC1.CN(C)C1CCN(c2cc3ccc4ccccc4c3c(=O)[nH]2)CC1.CN(C)C1CCN(c2cc3ncccc3c(=O)[nH]2)CC1.CN1CCN(c2cc3c(ccc4ccccc43)c(=O)[nH]2)CC1.CN1CCN(c2cc3ccc4ccccc4c3c(=O)[nH]2)CC1.CN1CCN(c2cc3ncccc3c(=O)[nH]2)CC1. The lowest BCUT2D eigenvalue weighted by molar-refractivity contribution is 0.249. The van der Waals surface area contributed by atoms with Gasteiger partial charge in [0.1, 0.15) is 34.9 Å². The molecule has 0 spiro atoms. The molecule has 0 saturated carbocycles. The molecule has 130 heavy (non-hydrogen) atoms. The number of piperidine rings is 3. The van der Waals surface area contributed by atoms with Gasteiger partial charge in [0.05, 0.1) is 32.6 Å². The fourth-order valence-electron chi connectivity index (χ4n) is 19.2. The molecule has 0 unspecified atom stereocenters. The van der Waals surface area contributed by atoms with E-state index >= 15 is 0 Å². The van der Waals surface area contributed by atoms with E-state index in [1.807, 2.05) is 121 Å². The molecule has 6 fully saturated rings. The number of fused-ring (bicyclic) bond motifs is 14. The monoisotopic (exact) mass is 1740 g/mol. The van der Waals surface area contributed by atoms with Gasteiger partial charge in [-0.05, 0) is 227 Å². The first-order chi connectivity index (χ1) is 63.1. The Hall–Kier alpha value is -13.1. The zero-order valence-electron chi connectivity index (χ0n) is 76.2. The number of likely N-dealkylation sites (N-methyl/N-ethyl adjacent to an activating group) is 3. The summed E-state index contributed by atoms with van der Waals surface area (Å²) < 4.78 is 0. The summed E-state index contributed by atoms with van der Waals surface area (Å²) in [7, 11) is 19.2. The van der Waals surface area contributed by atoms with E-state index in [1.54, 1.807) is 30.6 Å². The van der Waals surface area contributed by atoms with Gasteiger partial charge in [0.15, 0.2) is 0 Å². The van der Waals surface area contributed by atoms with Crippen molar-refractivity contribution < 1.29 is 0 Å². The van der Waals surface area contributed by atoms with E-state index in [-0.39, 0.29) is 33.4 Å². The number of rotatable bonds is 9. The number of anilines is 6. The van der Waals surface area contributed by atoms with Crippen LogP contribution >= 0.6 is 0 Å². The van der Waals surface area contributed by atoms with Crippen molar-refractivity contribution in [3.05, 3.63) is 281 Å². The first kappa shape index (κ1) is 88.9. The Morgan fingerprint density at radius 3 is 0.808 bits per heavy atom. The van der Waals surface area contributed by atoms with Crippen LogP contribution in [0.2, 0.25) is 0 Å². The molecule has 16 aromatic rings. The van der Waals surface area contributed by atoms with Crippen LogP contribution in [0.4, 0.5) is 34.9 Å². The summed E-state index contributed by atoms with van der Waals surface area (Å²) in [6, 6.07) is 70.3. The van der Waals surface area contributed by atoms with Crippen molar-refractivity contribution in [1.82, 2.24) is 69.3 Å². The second-order valence-electron chi connectivity index (χ2n) is 36.2. The molecule has 672 valence electrons. The van der Waals surface area contributed by atoms with E-state index in [4.69, 9.17) is 0 Å². The van der Waals surface area contributed by atoms with Gasteiger partial charge in [0.2, 0.25) is 0 Å². The quantitative estimate of drug-likeness (QED) is 0.0734. The van der Waals surface area contributed by atoms with E-state index in [9.17, 15) is 28.8 Å². The molecule has 26 nitrogen and oxygen atoms in total. The number of nitrogens with one attached hydrogen (secondary N) is 6. The number of pyridine rings is 8. The lowest BCUT2D eigenvalue weighted by Gasteiger charge is -2.36. The fraction of sp³-hybridized carbons (Fsp3) is 0.346. The van der Waals surface area contributed by atoms with Gasteiger partial charge >= 0.3 is 0 Å². The first-order valence-electron chi connectivity index (χ1n) is 45.8.